The monoisotopic (exact) mass is 320 g/mol. The molecule has 22 heavy (non-hydrogen) atoms. The van der Waals surface area contributed by atoms with Crippen LogP contribution in [0.5, 0.6) is 0 Å². The number of anilines is 1. The number of carbonyl (C=O) groups is 1. The number of halogens is 2. The van der Waals surface area contributed by atoms with E-state index < -0.39 is 0 Å². The average molecular weight is 321 g/mol. The first-order valence-electron chi connectivity index (χ1n) is 6.97. The highest BCUT2D eigenvalue weighted by Gasteiger charge is 2.15. The molecule has 1 amide bonds. The molecule has 0 aliphatic carbocycles. The second kappa shape index (κ2) is 7.38. The molecule has 0 aliphatic heterocycles. The molecule has 0 bridgehead atoms. The molecule has 116 valence electrons. The lowest BCUT2D eigenvalue weighted by atomic mass is 10.1. The summed E-state index contributed by atoms with van der Waals surface area (Å²) in [4.78, 5) is 14.0. The minimum Gasteiger partial charge on any atom is -0.324 e. The Labute approximate surface area is 134 Å². The zero-order valence-corrected chi connectivity index (χ0v) is 13.3. The summed E-state index contributed by atoms with van der Waals surface area (Å²) in [6.45, 7) is 2.18. The molecule has 1 N–H and O–H groups in total. The van der Waals surface area contributed by atoms with Crippen molar-refractivity contribution in [3.05, 3.63) is 64.9 Å². The van der Waals surface area contributed by atoms with Gasteiger partial charge in [0.05, 0.1) is 17.3 Å². The van der Waals surface area contributed by atoms with Crippen LogP contribution in [0.25, 0.3) is 0 Å². The molecule has 0 heterocycles. The lowest BCUT2D eigenvalue weighted by Gasteiger charge is -2.24. The van der Waals surface area contributed by atoms with Gasteiger partial charge in [0.2, 0.25) is 5.91 Å². The predicted octanol–water partition coefficient (Wildman–Crippen LogP) is 4.11. The lowest BCUT2D eigenvalue weighted by Crippen LogP contribution is -2.32. The van der Waals surface area contributed by atoms with E-state index in [-0.39, 0.29) is 24.3 Å². The average Bonchev–Trinajstić information content (AvgIpc) is 2.49. The van der Waals surface area contributed by atoms with E-state index >= 15 is 0 Å². The van der Waals surface area contributed by atoms with E-state index in [9.17, 15) is 9.18 Å². The Morgan fingerprint density at radius 1 is 1.23 bits per heavy atom. The van der Waals surface area contributed by atoms with Gasteiger partial charge >= 0.3 is 0 Å². The van der Waals surface area contributed by atoms with Crippen molar-refractivity contribution >= 4 is 23.2 Å². The topological polar surface area (TPSA) is 32.3 Å². The molecular weight excluding hydrogens is 303 g/mol. The van der Waals surface area contributed by atoms with Gasteiger partial charge in [0.25, 0.3) is 0 Å². The molecule has 1 atom stereocenters. The summed E-state index contributed by atoms with van der Waals surface area (Å²) in [6.07, 6.45) is 0. The zero-order valence-electron chi connectivity index (χ0n) is 12.5. The molecule has 0 saturated heterocycles. The van der Waals surface area contributed by atoms with Crippen LogP contribution in [0.3, 0.4) is 0 Å². The van der Waals surface area contributed by atoms with Crippen LogP contribution >= 0.6 is 11.6 Å². The number of benzene rings is 2. The van der Waals surface area contributed by atoms with Gasteiger partial charge in [-0.15, -0.1) is 0 Å². The summed E-state index contributed by atoms with van der Waals surface area (Å²) in [6, 6.07) is 13.4. The standard InChI is InChI=1S/C17H18ClFN2O/c1-12(13-7-9-14(19)10-8-13)21(2)11-17(22)20-16-6-4-3-5-15(16)18/h3-10,12H,11H2,1-2H3,(H,20,22)/t12-/m1/s1. The van der Waals surface area contributed by atoms with Gasteiger partial charge in [-0.1, -0.05) is 35.9 Å². The summed E-state index contributed by atoms with van der Waals surface area (Å²) < 4.78 is 13.0. The van der Waals surface area contributed by atoms with Crippen molar-refractivity contribution < 1.29 is 9.18 Å². The Bertz CT molecular complexity index is 645. The fraction of sp³-hybridized carbons (Fsp3) is 0.235. The maximum Gasteiger partial charge on any atom is 0.238 e. The quantitative estimate of drug-likeness (QED) is 0.899. The summed E-state index contributed by atoms with van der Waals surface area (Å²) in [5.74, 6) is -0.417. The normalized spacial score (nSPS) is 12.2. The number of para-hydroxylation sites is 1. The van der Waals surface area contributed by atoms with Crippen molar-refractivity contribution in [3.63, 3.8) is 0 Å². The molecule has 5 heteroatoms. The van der Waals surface area contributed by atoms with E-state index in [2.05, 4.69) is 5.32 Å². The molecule has 0 saturated carbocycles. The van der Waals surface area contributed by atoms with Crippen molar-refractivity contribution in [3.8, 4) is 0 Å². The number of nitrogens with one attached hydrogen (secondary N) is 1. The molecule has 2 aromatic rings. The van der Waals surface area contributed by atoms with Crippen LogP contribution in [0.2, 0.25) is 5.02 Å². The Morgan fingerprint density at radius 2 is 1.86 bits per heavy atom. The first kappa shape index (κ1) is 16.5. The fourth-order valence-electron chi connectivity index (χ4n) is 2.11. The van der Waals surface area contributed by atoms with Gasteiger partial charge in [-0.2, -0.15) is 0 Å². The van der Waals surface area contributed by atoms with E-state index in [1.165, 1.54) is 12.1 Å². The molecular formula is C17H18ClFN2O. The van der Waals surface area contributed by atoms with E-state index in [1.807, 2.05) is 24.9 Å². The summed E-state index contributed by atoms with van der Waals surface area (Å²) >= 11 is 6.01. The number of rotatable bonds is 5. The third kappa shape index (κ3) is 4.29. The summed E-state index contributed by atoms with van der Waals surface area (Å²) in [5, 5.41) is 3.29. The van der Waals surface area contributed by atoms with Crippen LogP contribution in [0.1, 0.15) is 18.5 Å². The van der Waals surface area contributed by atoms with Crippen molar-refractivity contribution in [2.45, 2.75) is 13.0 Å². The summed E-state index contributed by atoms with van der Waals surface area (Å²) in [7, 11) is 1.85. The van der Waals surface area contributed by atoms with Crippen LogP contribution < -0.4 is 5.32 Å². The zero-order chi connectivity index (χ0) is 16.1. The molecule has 0 aromatic heterocycles. The number of hydrogen-bond acceptors (Lipinski definition) is 2. The Kier molecular flexibility index (Phi) is 5.52. The van der Waals surface area contributed by atoms with Crippen LogP contribution in [0.15, 0.2) is 48.5 Å². The number of amides is 1. The van der Waals surface area contributed by atoms with Crippen LogP contribution in [0.4, 0.5) is 10.1 Å². The van der Waals surface area contributed by atoms with Gasteiger partial charge in [-0.3, -0.25) is 9.69 Å². The van der Waals surface area contributed by atoms with E-state index in [4.69, 9.17) is 11.6 Å². The SMILES string of the molecule is C[C@H](c1ccc(F)cc1)N(C)CC(=O)Nc1ccccc1Cl. The third-order valence-electron chi connectivity index (χ3n) is 3.55. The van der Waals surface area contributed by atoms with Crippen LogP contribution in [-0.2, 0) is 4.79 Å². The largest absolute Gasteiger partial charge is 0.324 e. The molecule has 0 aliphatic rings. The number of nitrogens with zero attached hydrogens (tertiary/aromatic N) is 1. The van der Waals surface area contributed by atoms with Crippen LogP contribution in [-0.4, -0.2) is 24.4 Å². The molecule has 2 rings (SSSR count). The highest BCUT2D eigenvalue weighted by molar-refractivity contribution is 6.33. The van der Waals surface area contributed by atoms with Crippen molar-refractivity contribution in [2.75, 3.05) is 18.9 Å². The van der Waals surface area contributed by atoms with Crippen molar-refractivity contribution in [1.82, 2.24) is 4.90 Å². The highest BCUT2D eigenvalue weighted by Crippen LogP contribution is 2.21. The first-order chi connectivity index (χ1) is 10.5. The molecule has 0 radical (unpaired) electrons. The molecule has 3 nitrogen and oxygen atoms in total. The summed E-state index contributed by atoms with van der Waals surface area (Å²) in [5.41, 5.74) is 1.55. The molecule has 0 spiro atoms. The number of carbonyl (C=O) groups excluding carboxylic acids is 1. The van der Waals surface area contributed by atoms with Crippen LogP contribution in [0, 0.1) is 5.82 Å². The Hall–Kier alpha value is -1.91. The minimum atomic E-state index is -0.268. The number of likely N-dealkylation sites (N-methyl/N-ethyl adjacent to an activating group) is 1. The molecule has 2 aromatic carbocycles. The van der Waals surface area contributed by atoms with Gasteiger partial charge in [0.1, 0.15) is 5.82 Å². The lowest BCUT2D eigenvalue weighted by molar-refractivity contribution is -0.117. The highest BCUT2D eigenvalue weighted by atomic mass is 35.5. The van der Waals surface area contributed by atoms with Gasteiger partial charge in [0, 0.05) is 6.04 Å². The maximum absolute atomic E-state index is 13.0. The smallest absolute Gasteiger partial charge is 0.238 e. The number of hydrogen-bond donors (Lipinski definition) is 1. The van der Waals surface area contributed by atoms with Gasteiger partial charge in [0.15, 0.2) is 0 Å². The van der Waals surface area contributed by atoms with Gasteiger partial charge < -0.3 is 5.32 Å². The minimum absolute atomic E-state index is 0.00223. The van der Waals surface area contributed by atoms with E-state index in [0.29, 0.717) is 10.7 Å². The fourth-order valence-corrected chi connectivity index (χ4v) is 2.29. The van der Waals surface area contributed by atoms with Crippen molar-refractivity contribution in [1.29, 1.82) is 0 Å². The first-order valence-corrected chi connectivity index (χ1v) is 7.35. The van der Waals surface area contributed by atoms with E-state index in [0.717, 1.165) is 5.56 Å². The molecule has 0 fully saturated rings. The third-order valence-corrected chi connectivity index (χ3v) is 3.88. The second-order valence-electron chi connectivity index (χ2n) is 5.17. The van der Waals surface area contributed by atoms with Gasteiger partial charge in [-0.25, -0.2) is 4.39 Å². The van der Waals surface area contributed by atoms with Crippen molar-refractivity contribution in [2.24, 2.45) is 0 Å². The van der Waals surface area contributed by atoms with E-state index in [1.54, 1.807) is 30.3 Å². The predicted molar refractivity (Wildman–Crippen MR) is 87.5 cm³/mol. The molecule has 0 unspecified atom stereocenters. The second-order valence-corrected chi connectivity index (χ2v) is 5.58. The van der Waals surface area contributed by atoms with Gasteiger partial charge in [-0.05, 0) is 43.8 Å². The maximum atomic E-state index is 13.0. The Balaban J connectivity index is 1.96. The Morgan fingerprint density at radius 3 is 2.50 bits per heavy atom.